The van der Waals surface area contributed by atoms with Crippen molar-refractivity contribution in [1.29, 1.82) is 0 Å². The van der Waals surface area contributed by atoms with Gasteiger partial charge in [-0.25, -0.2) is 0 Å². The summed E-state index contributed by atoms with van der Waals surface area (Å²) in [7, 11) is 0. The summed E-state index contributed by atoms with van der Waals surface area (Å²) >= 11 is 0. The van der Waals surface area contributed by atoms with Crippen molar-refractivity contribution in [3.05, 3.63) is 0 Å². The first-order chi connectivity index (χ1) is 7.23. The van der Waals surface area contributed by atoms with Crippen molar-refractivity contribution in [2.45, 2.75) is 20.3 Å². The number of likely N-dealkylation sites (tertiary alicyclic amines) is 1. The molecule has 2 saturated heterocycles. The van der Waals surface area contributed by atoms with Crippen LogP contribution in [0, 0.1) is 17.3 Å². The molecule has 3 heteroatoms. The first-order valence-corrected chi connectivity index (χ1v) is 6.23. The first-order valence-electron chi connectivity index (χ1n) is 6.23. The summed E-state index contributed by atoms with van der Waals surface area (Å²) in [5.41, 5.74) is 6.14. The predicted molar refractivity (Wildman–Crippen MR) is 61.7 cm³/mol. The van der Waals surface area contributed by atoms with Gasteiger partial charge in [0.25, 0.3) is 0 Å². The second-order valence-electron chi connectivity index (χ2n) is 5.28. The van der Waals surface area contributed by atoms with Gasteiger partial charge in [-0.3, -0.25) is 0 Å². The van der Waals surface area contributed by atoms with E-state index in [4.69, 9.17) is 10.5 Å². The SMILES string of the molecule is CCC1CN(CCN)CC(C)C12COC2. The highest BCUT2D eigenvalue weighted by Crippen LogP contribution is 2.47. The number of nitrogens with zero attached hydrogens (tertiary/aromatic N) is 1. The largest absolute Gasteiger partial charge is 0.380 e. The lowest BCUT2D eigenvalue weighted by atomic mass is 9.62. The highest BCUT2D eigenvalue weighted by Gasteiger charge is 2.51. The second-order valence-corrected chi connectivity index (χ2v) is 5.28. The van der Waals surface area contributed by atoms with Crippen molar-refractivity contribution in [1.82, 2.24) is 4.90 Å². The van der Waals surface area contributed by atoms with Gasteiger partial charge < -0.3 is 15.4 Å². The molecule has 0 bridgehead atoms. The lowest BCUT2D eigenvalue weighted by Gasteiger charge is -2.56. The molecule has 15 heavy (non-hydrogen) atoms. The Morgan fingerprint density at radius 2 is 2.13 bits per heavy atom. The van der Waals surface area contributed by atoms with Gasteiger partial charge in [0, 0.05) is 31.6 Å². The van der Waals surface area contributed by atoms with Crippen LogP contribution in [0.3, 0.4) is 0 Å². The Balaban J connectivity index is 2.03. The number of rotatable bonds is 3. The number of hydrogen-bond acceptors (Lipinski definition) is 3. The summed E-state index contributed by atoms with van der Waals surface area (Å²) in [5.74, 6) is 1.57. The van der Waals surface area contributed by atoms with Crippen molar-refractivity contribution < 1.29 is 4.74 Å². The fraction of sp³-hybridized carbons (Fsp3) is 1.00. The second kappa shape index (κ2) is 4.40. The van der Waals surface area contributed by atoms with E-state index in [1.54, 1.807) is 0 Å². The molecule has 2 heterocycles. The van der Waals surface area contributed by atoms with Crippen LogP contribution in [-0.2, 0) is 4.74 Å². The van der Waals surface area contributed by atoms with E-state index in [0.717, 1.165) is 38.1 Å². The maximum Gasteiger partial charge on any atom is 0.0551 e. The molecule has 2 rings (SSSR count). The molecule has 0 aromatic heterocycles. The summed E-state index contributed by atoms with van der Waals surface area (Å²) in [4.78, 5) is 2.53. The van der Waals surface area contributed by atoms with E-state index in [2.05, 4.69) is 18.7 Å². The van der Waals surface area contributed by atoms with Crippen LogP contribution >= 0.6 is 0 Å². The monoisotopic (exact) mass is 212 g/mol. The molecule has 0 aliphatic carbocycles. The van der Waals surface area contributed by atoms with E-state index in [0.29, 0.717) is 5.41 Å². The fourth-order valence-electron chi connectivity index (χ4n) is 3.30. The minimum absolute atomic E-state index is 0.500. The number of ether oxygens (including phenoxy) is 1. The number of piperidine rings is 1. The lowest BCUT2D eigenvalue weighted by Crippen LogP contribution is -2.61. The van der Waals surface area contributed by atoms with E-state index in [9.17, 15) is 0 Å². The molecule has 2 N–H and O–H groups in total. The Morgan fingerprint density at radius 3 is 2.60 bits per heavy atom. The Hall–Kier alpha value is -0.120. The number of hydrogen-bond donors (Lipinski definition) is 1. The molecule has 2 unspecified atom stereocenters. The molecule has 0 saturated carbocycles. The van der Waals surface area contributed by atoms with Crippen LogP contribution in [0.25, 0.3) is 0 Å². The molecule has 3 nitrogen and oxygen atoms in total. The van der Waals surface area contributed by atoms with Gasteiger partial charge >= 0.3 is 0 Å². The minimum atomic E-state index is 0.500. The smallest absolute Gasteiger partial charge is 0.0551 e. The predicted octanol–water partition coefficient (Wildman–Crippen LogP) is 0.940. The Labute approximate surface area is 93.0 Å². The molecular weight excluding hydrogens is 188 g/mol. The van der Waals surface area contributed by atoms with Gasteiger partial charge in [-0.1, -0.05) is 20.3 Å². The Kier molecular flexibility index (Phi) is 3.33. The maximum absolute atomic E-state index is 5.64. The molecule has 0 aromatic rings. The van der Waals surface area contributed by atoms with E-state index in [1.165, 1.54) is 19.5 Å². The molecule has 0 aromatic carbocycles. The van der Waals surface area contributed by atoms with Crippen LogP contribution in [0.4, 0.5) is 0 Å². The van der Waals surface area contributed by atoms with Gasteiger partial charge in [0.05, 0.1) is 13.2 Å². The minimum Gasteiger partial charge on any atom is -0.380 e. The third-order valence-electron chi connectivity index (χ3n) is 4.48. The van der Waals surface area contributed by atoms with Gasteiger partial charge in [-0.15, -0.1) is 0 Å². The van der Waals surface area contributed by atoms with Crippen molar-refractivity contribution >= 4 is 0 Å². The molecule has 2 fully saturated rings. The van der Waals surface area contributed by atoms with Crippen LogP contribution in [0.1, 0.15) is 20.3 Å². The van der Waals surface area contributed by atoms with Crippen LogP contribution in [-0.4, -0.2) is 44.3 Å². The van der Waals surface area contributed by atoms with E-state index in [1.807, 2.05) is 0 Å². The van der Waals surface area contributed by atoms with Crippen molar-refractivity contribution in [3.63, 3.8) is 0 Å². The van der Waals surface area contributed by atoms with Crippen molar-refractivity contribution in [2.24, 2.45) is 23.0 Å². The third kappa shape index (κ3) is 1.81. The molecule has 0 radical (unpaired) electrons. The zero-order chi connectivity index (χ0) is 10.9. The Bertz CT molecular complexity index is 216. The molecule has 1 spiro atoms. The summed E-state index contributed by atoms with van der Waals surface area (Å²) in [6.45, 7) is 10.9. The zero-order valence-corrected chi connectivity index (χ0v) is 10.0. The Morgan fingerprint density at radius 1 is 1.40 bits per heavy atom. The molecular formula is C12H24N2O. The molecule has 2 atom stereocenters. The molecule has 0 amide bonds. The average molecular weight is 212 g/mol. The van der Waals surface area contributed by atoms with Crippen LogP contribution in [0.5, 0.6) is 0 Å². The summed E-state index contributed by atoms with van der Waals surface area (Å²) in [6.07, 6.45) is 1.27. The quantitative estimate of drug-likeness (QED) is 0.756. The first kappa shape index (κ1) is 11.4. The van der Waals surface area contributed by atoms with Gasteiger partial charge in [-0.05, 0) is 11.8 Å². The van der Waals surface area contributed by atoms with Crippen LogP contribution in [0.15, 0.2) is 0 Å². The highest BCUT2D eigenvalue weighted by atomic mass is 16.5. The summed E-state index contributed by atoms with van der Waals surface area (Å²) in [6, 6.07) is 0. The van der Waals surface area contributed by atoms with Gasteiger partial charge in [-0.2, -0.15) is 0 Å². The third-order valence-corrected chi connectivity index (χ3v) is 4.48. The lowest BCUT2D eigenvalue weighted by molar-refractivity contribution is -0.200. The van der Waals surface area contributed by atoms with Gasteiger partial charge in [0.15, 0.2) is 0 Å². The van der Waals surface area contributed by atoms with Gasteiger partial charge in [0.1, 0.15) is 0 Å². The summed E-state index contributed by atoms with van der Waals surface area (Å²) in [5, 5.41) is 0. The van der Waals surface area contributed by atoms with E-state index < -0.39 is 0 Å². The maximum atomic E-state index is 5.64. The van der Waals surface area contributed by atoms with Crippen LogP contribution < -0.4 is 5.73 Å². The van der Waals surface area contributed by atoms with E-state index >= 15 is 0 Å². The summed E-state index contributed by atoms with van der Waals surface area (Å²) < 4.78 is 5.47. The fourth-order valence-corrected chi connectivity index (χ4v) is 3.30. The highest BCUT2D eigenvalue weighted by molar-refractivity contribution is 5.00. The van der Waals surface area contributed by atoms with Crippen LogP contribution in [0.2, 0.25) is 0 Å². The number of nitrogens with two attached hydrogens (primary N) is 1. The molecule has 2 aliphatic heterocycles. The standard InChI is InChI=1S/C12H24N2O/c1-3-11-7-14(5-4-13)6-10(2)12(11)8-15-9-12/h10-11H,3-9,13H2,1-2H3. The van der Waals surface area contributed by atoms with Crippen molar-refractivity contribution in [2.75, 3.05) is 39.4 Å². The zero-order valence-electron chi connectivity index (χ0n) is 10.0. The average Bonchev–Trinajstić information content (AvgIpc) is 2.14. The normalized spacial score (nSPS) is 35.4. The molecule has 88 valence electrons. The molecule has 2 aliphatic rings. The van der Waals surface area contributed by atoms with Gasteiger partial charge in [0.2, 0.25) is 0 Å². The van der Waals surface area contributed by atoms with E-state index in [-0.39, 0.29) is 0 Å². The van der Waals surface area contributed by atoms with Crippen molar-refractivity contribution in [3.8, 4) is 0 Å². The topological polar surface area (TPSA) is 38.5 Å².